The normalized spacial score (nSPS) is 13.6. The number of nitrogens with zero attached hydrogens (tertiary/aromatic N) is 2. The van der Waals surface area contributed by atoms with Crippen molar-refractivity contribution in [1.29, 1.82) is 0 Å². The minimum atomic E-state index is -1.44. The van der Waals surface area contributed by atoms with Crippen LogP contribution in [-0.2, 0) is 11.5 Å². The number of aromatic nitrogens is 3. The number of aromatic amines is 1. The van der Waals surface area contributed by atoms with E-state index in [1.807, 2.05) is 6.92 Å². The molecule has 2 aromatic heterocycles. The molecular weight excluding hydrogens is 274 g/mol. The van der Waals surface area contributed by atoms with E-state index in [-0.39, 0.29) is 12.5 Å². The molecule has 1 unspecified atom stereocenters. The molecule has 0 amide bonds. The van der Waals surface area contributed by atoms with Gasteiger partial charge in [-0.05, 0) is 19.1 Å². The number of rotatable bonds is 4. The Bertz CT molecular complexity index is 730. The molecule has 2 heterocycles. The van der Waals surface area contributed by atoms with E-state index in [1.165, 1.54) is 4.57 Å². The molecule has 0 saturated heterocycles. The molecule has 1 atom stereocenters. The first kappa shape index (κ1) is 14.7. The highest BCUT2D eigenvalue weighted by molar-refractivity contribution is 6.77. The van der Waals surface area contributed by atoms with Crippen molar-refractivity contribution in [2.75, 3.05) is 0 Å². The molecule has 0 bridgehead atoms. The van der Waals surface area contributed by atoms with Crippen molar-refractivity contribution in [3.05, 3.63) is 39.2 Å². The zero-order chi connectivity index (χ0) is 14.9. The summed E-state index contributed by atoms with van der Waals surface area (Å²) in [7, 11) is -1.44. The first-order valence-electron chi connectivity index (χ1n) is 6.50. The fourth-order valence-electron chi connectivity index (χ4n) is 1.67. The zero-order valence-electron chi connectivity index (χ0n) is 12.1. The number of ether oxygens (including phenoxy) is 1. The molecule has 0 fully saturated rings. The highest BCUT2D eigenvalue weighted by Gasteiger charge is 2.23. The van der Waals surface area contributed by atoms with Crippen LogP contribution < -0.4 is 11.2 Å². The average Bonchev–Trinajstić information content (AvgIpc) is 2.37. The minimum absolute atomic E-state index is 0.0918. The largest absolute Gasteiger partial charge is 0.361 e. The summed E-state index contributed by atoms with van der Waals surface area (Å²) < 4.78 is 7.14. The topological polar surface area (TPSA) is 77.0 Å². The van der Waals surface area contributed by atoms with Crippen LogP contribution in [-0.4, -0.2) is 28.3 Å². The van der Waals surface area contributed by atoms with Gasteiger partial charge in [0.15, 0.2) is 5.65 Å². The summed E-state index contributed by atoms with van der Waals surface area (Å²) in [5, 5.41) is 0.386. The number of H-pyrrole nitrogens is 1. The van der Waals surface area contributed by atoms with Crippen LogP contribution in [0.3, 0.4) is 0 Å². The lowest BCUT2D eigenvalue weighted by atomic mass is 10.3. The van der Waals surface area contributed by atoms with E-state index >= 15 is 0 Å². The quantitative estimate of drug-likeness (QED) is 0.863. The van der Waals surface area contributed by atoms with Crippen molar-refractivity contribution in [3.8, 4) is 0 Å². The Labute approximate surface area is 117 Å². The van der Waals surface area contributed by atoms with Crippen LogP contribution in [0.4, 0.5) is 0 Å². The molecule has 108 valence electrons. The summed E-state index contributed by atoms with van der Waals surface area (Å²) in [5.41, 5.74) is -0.472. The van der Waals surface area contributed by atoms with Crippen molar-refractivity contribution in [1.82, 2.24) is 14.5 Å². The number of nitrogens with one attached hydrogen (secondary N) is 1. The Hall–Kier alpha value is -1.73. The molecule has 6 nitrogen and oxygen atoms in total. The average molecular weight is 293 g/mol. The second kappa shape index (κ2) is 5.33. The Morgan fingerprint density at radius 1 is 1.40 bits per heavy atom. The van der Waals surface area contributed by atoms with Gasteiger partial charge >= 0.3 is 5.69 Å². The fraction of sp³-hybridized carbons (Fsp3) is 0.462. The summed E-state index contributed by atoms with van der Waals surface area (Å²) in [6.07, 6.45) is 1.56. The van der Waals surface area contributed by atoms with Gasteiger partial charge in [0.25, 0.3) is 5.56 Å². The molecule has 20 heavy (non-hydrogen) atoms. The fourth-order valence-corrected chi connectivity index (χ4v) is 2.25. The van der Waals surface area contributed by atoms with E-state index < -0.39 is 19.3 Å². The zero-order valence-corrected chi connectivity index (χ0v) is 13.1. The summed E-state index contributed by atoms with van der Waals surface area (Å²) in [6, 6.07) is 3.30. The predicted octanol–water partition coefficient (Wildman–Crippen LogP) is 1.32. The summed E-state index contributed by atoms with van der Waals surface area (Å²) >= 11 is 0. The van der Waals surface area contributed by atoms with Crippen LogP contribution in [0.15, 0.2) is 27.9 Å². The van der Waals surface area contributed by atoms with E-state index in [9.17, 15) is 9.59 Å². The maximum Gasteiger partial charge on any atom is 0.331 e. The maximum absolute atomic E-state index is 11.9. The number of hydrogen-bond donors (Lipinski definition) is 1. The standard InChI is InChI=1S/C13H19N3O3Si/c1-9(20(2,3)4)19-8-16-11-10(6-5-7-14-11)12(17)15-13(16)18/h5-7,9H,8H2,1-4H3,(H,15,17,18). The first-order chi connectivity index (χ1) is 9.30. The lowest BCUT2D eigenvalue weighted by Crippen LogP contribution is -2.40. The lowest BCUT2D eigenvalue weighted by Gasteiger charge is -2.25. The van der Waals surface area contributed by atoms with Gasteiger partial charge in [0, 0.05) is 11.9 Å². The second-order valence-electron chi connectivity index (χ2n) is 5.87. The van der Waals surface area contributed by atoms with Gasteiger partial charge < -0.3 is 4.74 Å². The van der Waals surface area contributed by atoms with Crippen LogP contribution in [0.1, 0.15) is 6.92 Å². The van der Waals surface area contributed by atoms with Crippen molar-refractivity contribution in [2.45, 2.75) is 39.0 Å². The van der Waals surface area contributed by atoms with E-state index in [4.69, 9.17) is 4.74 Å². The van der Waals surface area contributed by atoms with Gasteiger partial charge in [-0.15, -0.1) is 0 Å². The molecule has 7 heteroatoms. The van der Waals surface area contributed by atoms with Crippen LogP contribution in [0.2, 0.25) is 19.6 Å². The molecule has 2 rings (SSSR count). The molecule has 0 aliphatic heterocycles. The van der Waals surface area contributed by atoms with E-state index in [2.05, 4.69) is 29.6 Å². The van der Waals surface area contributed by atoms with Gasteiger partial charge in [0.2, 0.25) is 0 Å². The summed E-state index contributed by atoms with van der Waals surface area (Å²) in [4.78, 5) is 30.0. The van der Waals surface area contributed by atoms with Crippen molar-refractivity contribution < 1.29 is 4.74 Å². The van der Waals surface area contributed by atoms with Gasteiger partial charge in [-0.2, -0.15) is 0 Å². The molecule has 0 spiro atoms. The van der Waals surface area contributed by atoms with Gasteiger partial charge in [-0.3, -0.25) is 14.3 Å². The van der Waals surface area contributed by atoms with Crippen LogP contribution in [0.5, 0.6) is 0 Å². The molecule has 1 N–H and O–H groups in total. The van der Waals surface area contributed by atoms with E-state index in [1.54, 1.807) is 18.3 Å². The van der Waals surface area contributed by atoms with Crippen molar-refractivity contribution in [3.63, 3.8) is 0 Å². The third-order valence-corrected chi connectivity index (χ3v) is 6.03. The highest BCUT2D eigenvalue weighted by atomic mass is 28.3. The van der Waals surface area contributed by atoms with Gasteiger partial charge in [-0.1, -0.05) is 19.6 Å². The molecular formula is C13H19N3O3Si. The van der Waals surface area contributed by atoms with E-state index in [0.717, 1.165) is 0 Å². The highest BCUT2D eigenvalue weighted by Crippen LogP contribution is 2.12. The van der Waals surface area contributed by atoms with Gasteiger partial charge in [-0.25, -0.2) is 9.78 Å². The van der Waals surface area contributed by atoms with Gasteiger partial charge in [0.05, 0.1) is 13.5 Å². The number of hydrogen-bond acceptors (Lipinski definition) is 4. The maximum atomic E-state index is 11.9. The first-order valence-corrected chi connectivity index (χ1v) is 10.1. The molecule has 0 radical (unpaired) electrons. The van der Waals surface area contributed by atoms with Crippen LogP contribution in [0.25, 0.3) is 11.0 Å². The molecule has 0 aliphatic carbocycles. The second-order valence-corrected chi connectivity index (χ2v) is 11.4. The SMILES string of the molecule is CC(OCn1c(=O)[nH]c(=O)c2cccnc21)[Si](C)(C)C. The predicted molar refractivity (Wildman–Crippen MR) is 80.5 cm³/mol. The molecule has 0 aliphatic rings. The summed E-state index contributed by atoms with van der Waals surface area (Å²) in [6.45, 7) is 8.70. The number of pyridine rings is 1. The minimum Gasteiger partial charge on any atom is -0.361 e. The third-order valence-electron chi connectivity index (χ3n) is 3.43. The summed E-state index contributed by atoms with van der Waals surface area (Å²) in [5.74, 6) is 0. The molecule has 0 aromatic carbocycles. The smallest absolute Gasteiger partial charge is 0.331 e. The van der Waals surface area contributed by atoms with Gasteiger partial charge in [0.1, 0.15) is 6.73 Å². The Morgan fingerprint density at radius 2 is 2.10 bits per heavy atom. The van der Waals surface area contributed by atoms with E-state index in [0.29, 0.717) is 11.0 Å². The van der Waals surface area contributed by atoms with Crippen LogP contribution >= 0.6 is 0 Å². The number of fused-ring (bicyclic) bond motifs is 1. The Kier molecular flexibility index (Phi) is 3.91. The molecule has 0 saturated carbocycles. The molecule has 2 aromatic rings. The van der Waals surface area contributed by atoms with Crippen molar-refractivity contribution in [2.24, 2.45) is 0 Å². The Balaban J connectivity index is 2.40. The van der Waals surface area contributed by atoms with Crippen LogP contribution in [0, 0.1) is 0 Å². The Morgan fingerprint density at radius 3 is 2.75 bits per heavy atom. The monoisotopic (exact) mass is 293 g/mol. The lowest BCUT2D eigenvalue weighted by molar-refractivity contribution is 0.0560. The van der Waals surface area contributed by atoms with Crippen molar-refractivity contribution >= 4 is 19.1 Å². The third kappa shape index (κ3) is 2.88.